The Hall–Kier alpha value is -2.56. The maximum Gasteiger partial charge on any atom is 0.266 e. The van der Waals surface area contributed by atoms with Crippen molar-refractivity contribution in [3.63, 3.8) is 0 Å². The Balaban J connectivity index is 1.76. The van der Waals surface area contributed by atoms with Crippen LogP contribution < -0.4 is 9.64 Å². The second-order valence-electron chi connectivity index (χ2n) is 5.52. The second kappa shape index (κ2) is 8.70. The van der Waals surface area contributed by atoms with Crippen molar-refractivity contribution in [2.75, 3.05) is 11.5 Å². The van der Waals surface area contributed by atoms with Gasteiger partial charge in [0, 0.05) is 11.2 Å². The van der Waals surface area contributed by atoms with Crippen molar-refractivity contribution in [1.82, 2.24) is 4.98 Å². The lowest BCUT2D eigenvalue weighted by molar-refractivity contribution is -0.120. The van der Waals surface area contributed by atoms with Gasteiger partial charge >= 0.3 is 0 Å². The normalized spacial score (nSPS) is 10.4. The van der Waals surface area contributed by atoms with Gasteiger partial charge in [-0.2, -0.15) is 0 Å². The molecule has 0 aliphatic heterocycles. The van der Waals surface area contributed by atoms with Crippen LogP contribution in [0.5, 0.6) is 5.75 Å². The van der Waals surface area contributed by atoms with Crippen molar-refractivity contribution < 1.29 is 9.53 Å². The van der Waals surface area contributed by atoms with Gasteiger partial charge in [-0.15, -0.1) is 0 Å². The minimum absolute atomic E-state index is 0.162. The van der Waals surface area contributed by atoms with E-state index in [2.05, 4.69) is 4.98 Å². The maximum atomic E-state index is 12.8. The number of carbonyl (C=O) groups is 1. The maximum absolute atomic E-state index is 12.8. The van der Waals surface area contributed by atoms with Gasteiger partial charge in [0.15, 0.2) is 6.61 Å². The van der Waals surface area contributed by atoms with Crippen molar-refractivity contribution in [1.29, 1.82) is 0 Å². The van der Waals surface area contributed by atoms with E-state index in [1.807, 2.05) is 36.4 Å². The van der Waals surface area contributed by atoms with Gasteiger partial charge in [-0.3, -0.25) is 9.69 Å². The first-order chi connectivity index (χ1) is 12.6. The van der Waals surface area contributed by atoms with Gasteiger partial charge in [0.05, 0.1) is 11.6 Å². The zero-order valence-corrected chi connectivity index (χ0v) is 15.3. The Morgan fingerprint density at radius 2 is 1.77 bits per heavy atom. The molecule has 0 bridgehead atoms. The first-order valence-electron chi connectivity index (χ1n) is 7.96. The van der Waals surface area contributed by atoms with Crippen LogP contribution >= 0.6 is 23.2 Å². The highest BCUT2D eigenvalue weighted by molar-refractivity contribution is 6.35. The molecule has 0 saturated carbocycles. The molecule has 0 saturated heterocycles. The van der Waals surface area contributed by atoms with Crippen molar-refractivity contribution in [2.45, 2.75) is 6.54 Å². The molecule has 0 N–H and O–H groups in total. The average molecular weight is 387 g/mol. The summed E-state index contributed by atoms with van der Waals surface area (Å²) >= 11 is 12.0. The second-order valence-corrected chi connectivity index (χ2v) is 6.36. The highest BCUT2D eigenvalue weighted by atomic mass is 35.5. The Morgan fingerprint density at radius 3 is 2.46 bits per heavy atom. The van der Waals surface area contributed by atoms with Crippen LogP contribution in [-0.4, -0.2) is 17.5 Å². The Morgan fingerprint density at radius 1 is 1.00 bits per heavy atom. The van der Waals surface area contributed by atoms with Crippen LogP contribution in [0.25, 0.3) is 0 Å². The van der Waals surface area contributed by atoms with Crippen LogP contribution in [0.4, 0.5) is 5.82 Å². The number of hydrogen-bond donors (Lipinski definition) is 0. The summed E-state index contributed by atoms with van der Waals surface area (Å²) in [6.45, 7) is 0.235. The molecule has 0 aliphatic carbocycles. The summed E-state index contributed by atoms with van der Waals surface area (Å²) in [6.07, 6.45) is 1.65. The van der Waals surface area contributed by atoms with E-state index in [1.54, 1.807) is 41.4 Å². The molecule has 0 radical (unpaired) electrons. The number of anilines is 1. The first kappa shape index (κ1) is 18.2. The fourth-order valence-corrected chi connectivity index (χ4v) is 2.85. The van der Waals surface area contributed by atoms with E-state index >= 15 is 0 Å². The molecule has 2 aromatic carbocycles. The minimum Gasteiger partial charge on any atom is -0.482 e. The molecule has 0 spiro atoms. The smallest absolute Gasteiger partial charge is 0.266 e. The van der Waals surface area contributed by atoms with Crippen LogP contribution in [0, 0.1) is 0 Å². The molecule has 0 aliphatic rings. The van der Waals surface area contributed by atoms with Gasteiger partial charge in [-0.05, 0) is 35.9 Å². The third kappa shape index (κ3) is 4.75. The third-order valence-electron chi connectivity index (χ3n) is 3.66. The highest BCUT2D eigenvalue weighted by Crippen LogP contribution is 2.27. The zero-order chi connectivity index (χ0) is 18.4. The van der Waals surface area contributed by atoms with E-state index in [0.717, 1.165) is 5.56 Å². The van der Waals surface area contributed by atoms with Crippen LogP contribution in [-0.2, 0) is 11.3 Å². The van der Waals surface area contributed by atoms with E-state index < -0.39 is 0 Å². The van der Waals surface area contributed by atoms with Crippen LogP contribution in [0.2, 0.25) is 10.0 Å². The summed E-state index contributed by atoms with van der Waals surface area (Å²) in [7, 11) is 0. The highest BCUT2D eigenvalue weighted by Gasteiger charge is 2.18. The summed E-state index contributed by atoms with van der Waals surface area (Å²) in [4.78, 5) is 18.7. The molecule has 132 valence electrons. The topological polar surface area (TPSA) is 42.4 Å². The van der Waals surface area contributed by atoms with Gasteiger partial charge < -0.3 is 4.74 Å². The number of ether oxygens (including phenoxy) is 1. The van der Waals surface area contributed by atoms with E-state index in [1.165, 1.54) is 0 Å². The number of rotatable bonds is 6. The molecule has 3 rings (SSSR count). The molecule has 1 heterocycles. The van der Waals surface area contributed by atoms with E-state index in [0.29, 0.717) is 28.2 Å². The van der Waals surface area contributed by atoms with Crippen molar-refractivity contribution in [2.24, 2.45) is 0 Å². The molecule has 26 heavy (non-hydrogen) atoms. The van der Waals surface area contributed by atoms with E-state index in [9.17, 15) is 4.79 Å². The molecule has 0 atom stereocenters. The number of aromatic nitrogens is 1. The molecule has 0 unspecified atom stereocenters. The number of nitrogens with zero attached hydrogens (tertiary/aromatic N) is 2. The van der Waals surface area contributed by atoms with Gasteiger partial charge in [0.25, 0.3) is 5.91 Å². The van der Waals surface area contributed by atoms with E-state index in [-0.39, 0.29) is 12.5 Å². The molecule has 6 heteroatoms. The van der Waals surface area contributed by atoms with Crippen LogP contribution in [0.1, 0.15) is 5.56 Å². The first-order valence-corrected chi connectivity index (χ1v) is 8.72. The third-order valence-corrected chi connectivity index (χ3v) is 4.19. The number of carbonyl (C=O) groups excluding carboxylic acids is 1. The largest absolute Gasteiger partial charge is 0.482 e. The predicted molar refractivity (Wildman–Crippen MR) is 104 cm³/mol. The fraction of sp³-hybridized carbons (Fsp3) is 0.100. The Bertz CT molecular complexity index is 873. The average Bonchev–Trinajstić information content (AvgIpc) is 2.67. The quantitative estimate of drug-likeness (QED) is 0.598. The molecule has 0 fully saturated rings. The number of halogens is 2. The number of pyridine rings is 1. The summed E-state index contributed by atoms with van der Waals surface area (Å²) in [6, 6.07) is 20.0. The standard InChI is InChI=1S/C20H16Cl2N2O2/c21-16-9-10-18(17(22)12-16)26-14-20(25)24(19-8-4-5-11-23-19)13-15-6-2-1-3-7-15/h1-12H,13-14H2. The molecular formula is C20H16Cl2N2O2. The lowest BCUT2D eigenvalue weighted by Gasteiger charge is -2.22. The summed E-state index contributed by atoms with van der Waals surface area (Å²) in [5, 5.41) is 0.866. The summed E-state index contributed by atoms with van der Waals surface area (Å²) in [5.74, 6) is 0.746. The molecule has 3 aromatic rings. The summed E-state index contributed by atoms with van der Waals surface area (Å²) in [5.41, 5.74) is 0.996. The summed E-state index contributed by atoms with van der Waals surface area (Å²) < 4.78 is 5.58. The molecule has 4 nitrogen and oxygen atoms in total. The fourth-order valence-electron chi connectivity index (χ4n) is 2.39. The monoisotopic (exact) mass is 386 g/mol. The van der Waals surface area contributed by atoms with Crippen LogP contribution in [0.3, 0.4) is 0 Å². The van der Waals surface area contributed by atoms with Gasteiger partial charge in [-0.25, -0.2) is 4.98 Å². The van der Waals surface area contributed by atoms with Crippen molar-refractivity contribution >= 4 is 34.9 Å². The SMILES string of the molecule is O=C(COc1ccc(Cl)cc1Cl)N(Cc1ccccc1)c1ccccn1. The Labute approximate surface area is 162 Å². The molecular weight excluding hydrogens is 371 g/mol. The number of amides is 1. The zero-order valence-electron chi connectivity index (χ0n) is 13.8. The molecule has 1 aromatic heterocycles. The Kier molecular flexibility index (Phi) is 6.10. The molecule has 1 amide bonds. The number of benzene rings is 2. The number of hydrogen-bond acceptors (Lipinski definition) is 3. The minimum atomic E-state index is -0.224. The van der Waals surface area contributed by atoms with Crippen molar-refractivity contribution in [3.8, 4) is 5.75 Å². The van der Waals surface area contributed by atoms with Crippen molar-refractivity contribution in [3.05, 3.63) is 88.5 Å². The van der Waals surface area contributed by atoms with E-state index in [4.69, 9.17) is 27.9 Å². The lowest BCUT2D eigenvalue weighted by Crippen LogP contribution is -2.35. The van der Waals surface area contributed by atoms with Crippen LogP contribution in [0.15, 0.2) is 72.9 Å². The van der Waals surface area contributed by atoms with Gasteiger partial charge in [0.2, 0.25) is 0 Å². The van der Waals surface area contributed by atoms with Gasteiger partial charge in [-0.1, -0.05) is 59.6 Å². The predicted octanol–water partition coefficient (Wildman–Crippen LogP) is 5.00. The lowest BCUT2D eigenvalue weighted by atomic mass is 10.2. The van der Waals surface area contributed by atoms with Gasteiger partial charge in [0.1, 0.15) is 11.6 Å².